The number of rotatable bonds is 5. The minimum Gasteiger partial charge on any atom is -0.355 e. The fourth-order valence-corrected chi connectivity index (χ4v) is 3.61. The fraction of sp³-hybridized carbons (Fsp3) is 0.706. The van der Waals surface area contributed by atoms with E-state index in [0.717, 1.165) is 5.82 Å². The van der Waals surface area contributed by atoms with Crippen LogP contribution in [0, 0.1) is 5.92 Å². The lowest BCUT2D eigenvalue weighted by Gasteiger charge is -2.36. The van der Waals surface area contributed by atoms with Gasteiger partial charge in [0.05, 0.1) is 6.20 Å². The van der Waals surface area contributed by atoms with Gasteiger partial charge in [-0.1, -0.05) is 0 Å². The standard InChI is InChI=1S/C17H25F3N6O.2ClH/c18-17(19,20)14(25-9-5-21-6-10-25)11-24-16(27)13-1-7-26(8-2-13)15-12-22-3-4-23-15;;/h3-4,12-14,21H,1-2,5-11H2,(H,24,27);2*1H. The highest BCUT2D eigenvalue weighted by Crippen LogP contribution is 2.25. The van der Waals surface area contributed by atoms with Gasteiger partial charge in [-0.3, -0.25) is 14.7 Å². The van der Waals surface area contributed by atoms with Gasteiger partial charge in [-0.2, -0.15) is 13.2 Å². The minimum atomic E-state index is -4.36. The van der Waals surface area contributed by atoms with Gasteiger partial charge in [0.1, 0.15) is 11.9 Å². The molecular weight excluding hydrogens is 432 g/mol. The van der Waals surface area contributed by atoms with E-state index in [1.807, 2.05) is 4.90 Å². The number of carbonyl (C=O) groups is 1. The highest BCUT2D eigenvalue weighted by molar-refractivity contribution is 5.85. The zero-order chi connectivity index (χ0) is 19.3. The molecule has 12 heteroatoms. The Morgan fingerprint density at radius 2 is 1.83 bits per heavy atom. The number of piperidine rings is 1. The summed E-state index contributed by atoms with van der Waals surface area (Å²) in [5.74, 6) is 0.195. The Bertz CT molecular complexity index is 611. The number of nitrogens with zero attached hydrogens (tertiary/aromatic N) is 4. The van der Waals surface area contributed by atoms with Crippen molar-refractivity contribution in [3.8, 4) is 0 Å². The van der Waals surface area contributed by atoms with Crippen molar-refractivity contribution in [1.82, 2.24) is 25.5 Å². The van der Waals surface area contributed by atoms with E-state index >= 15 is 0 Å². The van der Waals surface area contributed by atoms with Gasteiger partial charge in [0.15, 0.2) is 0 Å². The summed E-state index contributed by atoms with van der Waals surface area (Å²) >= 11 is 0. The van der Waals surface area contributed by atoms with E-state index in [0.29, 0.717) is 52.1 Å². The molecule has 7 nitrogen and oxygen atoms in total. The molecule has 2 N–H and O–H groups in total. The maximum atomic E-state index is 13.4. The average molecular weight is 459 g/mol. The van der Waals surface area contributed by atoms with Crippen molar-refractivity contribution < 1.29 is 18.0 Å². The highest BCUT2D eigenvalue weighted by Gasteiger charge is 2.44. The maximum absolute atomic E-state index is 13.4. The number of aromatic nitrogens is 2. The number of hydrogen-bond acceptors (Lipinski definition) is 6. The Labute approximate surface area is 180 Å². The smallest absolute Gasteiger partial charge is 0.355 e. The van der Waals surface area contributed by atoms with Crippen LogP contribution in [-0.4, -0.2) is 78.8 Å². The number of piperazine rings is 1. The molecule has 2 saturated heterocycles. The summed E-state index contributed by atoms with van der Waals surface area (Å²) in [6.45, 7) is 2.59. The number of alkyl halides is 3. The summed E-state index contributed by atoms with van der Waals surface area (Å²) < 4.78 is 40.2. The van der Waals surface area contributed by atoms with Crippen LogP contribution in [-0.2, 0) is 4.79 Å². The van der Waals surface area contributed by atoms with Crippen LogP contribution in [0.1, 0.15) is 12.8 Å². The van der Waals surface area contributed by atoms with Crippen molar-refractivity contribution >= 4 is 36.5 Å². The predicted octanol–water partition coefficient (Wildman–Crippen LogP) is 1.49. The van der Waals surface area contributed by atoms with Gasteiger partial charge in [-0.05, 0) is 12.8 Å². The van der Waals surface area contributed by atoms with Crippen molar-refractivity contribution in [1.29, 1.82) is 0 Å². The summed E-state index contributed by atoms with van der Waals surface area (Å²) in [7, 11) is 0. The van der Waals surface area contributed by atoms with E-state index in [2.05, 4.69) is 20.6 Å². The molecule has 3 rings (SSSR count). The number of carbonyl (C=O) groups excluding carboxylic acids is 1. The van der Waals surface area contributed by atoms with Crippen molar-refractivity contribution in [3.63, 3.8) is 0 Å². The lowest BCUT2D eigenvalue weighted by atomic mass is 9.96. The number of hydrogen-bond donors (Lipinski definition) is 2. The van der Waals surface area contributed by atoms with Gasteiger partial charge in [0, 0.05) is 64.1 Å². The Hall–Kier alpha value is -1.36. The van der Waals surface area contributed by atoms with E-state index in [9.17, 15) is 18.0 Å². The second-order valence-corrected chi connectivity index (χ2v) is 6.91. The first kappa shape index (κ1) is 25.7. The molecule has 0 aromatic carbocycles. The monoisotopic (exact) mass is 458 g/mol. The molecule has 0 radical (unpaired) electrons. The second-order valence-electron chi connectivity index (χ2n) is 6.91. The lowest BCUT2D eigenvalue weighted by molar-refractivity contribution is -0.184. The van der Waals surface area contributed by atoms with E-state index in [1.165, 1.54) is 4.90 Å². The van der Waals surface area contributed by atoms with Gasteiger partial charge < -0.3 is 15.5 Å². The number of anilines is 1. The lowest BCUT2D eigenvalue weighted by Crippen LogP contribution is -2.58. The summed E-state index contributed by atoms with van der Waals surface area (Å²) in [5, 5.41) is 5.59. The Morgan fingerprint density at radius 3 is 2.38 bits per heavy atom. The van der Waals surface area contributed by atoms with E-state index in [-0.39, 0.29) is 36.6 Å². The van der Waals surface area contributed by atoms with E-state index in [4.69, 9.17) is 0 Å². The predicted molar refractivity (Wildman–Crippen MR) is 109 cm³/mol. The van der Waals surface area contributed by atoms with E-state index < -0.39 is 18.8 Å². The molecule has 1 amide bonds. The topological polar surface area (TPSA) is 73.4 Å². The molecule has 1 aromatic rings. The molecule has 1 unspecified atom stereocenters. The summed E-state index contributed by atoms with van der Waals surface area (Å²) in [5.41, 5.74) is 0. The molecule has 0 saturated carbocycles. The molecule has 2 fully saturated rings. The third kappa shape index (κ3) is 7.13. The first-order chi connectivity index (χ1) is 12.9. The van der Waals surface area contributed by atoms with Crippen LogP contribution < -0.4 is 15.5 Å². The van der Waals surface area contributed by atoms with Crippen LogP contribution >= 0.6 is 24.8 Å². The molecule has 0 bridgehead atoms. The molecule has 29 heavy (non-hydrogen) atoms. The van der Waals surface area contributed by atoms with Crippen molar-refractivity contribution in [2.24, 2.45) is 5.92 Å². The van der Waals surface area contributed by atoms with Crippen LogP contribution in [0.25, 0.3) is 0 Å². The van der Waals surface area contributed by atoms with Gasteiger partial charge in [0.2, 0.25) is 5.91 Å². The van der Waals surface area contributed by atoms with Crippen LogP contribution in [0.2, 0.25) is 0 Å². The molecule has 1 atom stereocenters. The molecule has 1 aromatic heterocycles. The number of halogens is 5. The average Bonchev–Trinajstić information content (AvgIpc) is 2.68. The van der Waals surface area contributed by atoms with Crippen LogP contribution in [0.5, 0.6) is 0 Å². The summed E-state index contributed by atoms with van der Waals surface area (Å²) in [4.78, 5) is 24.1. The minimum absolute atomic E-state index is 0. The highest BCUT2D eigenvalue weighted by atomic mass is 35.5. The van der Waals surface area contributed by atoms with Gasteiger partial charge in [0.25, 0.3) is 0 Å². The van der Waals surface area contributed by atoms with Gasteiger partial charge in [-0.15, -0.1) is 24.8 Å². The van der Waals surface area contributed by atoms with Gasteiger partial charge in [-0.25, -0.2) is 4.98 Å². The maximum Gasteiger partial charge on any atom is 0.405 e. The van der Waals surface area contributed by atoms with Crippen LogP contribution in [0.3, 0.4) is 0 Å². The summed E-state index contributed by atoms with van der Waals surface area (Å²) in [6, 6.07) is -1.64. The Balaban J connectivity index is 0.00000210. The van der Waals surface area contributed by atoms with Gasteiger partial charge >= 0.3 is 6.18 Å². The fourth-order valence-electron chi connectivity index (χ4n) is 3.61. The SMILES string of the molecule is Cl.Cl.O=C(NCC(N1CCNCC1)C(F)(F)F)C1CCN(c2cnccn2)CC1. The van der Waals surface area contributed by atoms with Crippen molar-refractivity contribution in [2.75, 3.05) is 50.7 Å². The number of amides is 1. The van der Waals surface area contributed by atoms with Crippen molar-refractivity contribution in [3.05, 3.63) is 18.6 Å². The molecule has 166 valence electrons. The first-order valence-corrected chi connectivity index (χ1v) is 9.25. The third-order valence-electron chi connectivity index (χ3n) is 5.18. The summed E-state index contributed by atoms with van der Waals surface area (Å²) in [6.07, 6.45) is 1.70. The molecular formula is C17H27Cl2F3N6O. The van der Waals surface area contributed by atoms with E-state index in [1.54, 1.807) is 18.6 Å². The molecule has 2 aliphatic heterocycles. The second kappa shape index (κ2) is 11.7. The Kier molecular flexibility index (Phi) is 10.4. The quantitative estimate of drug-likeness (QED) is 0.696. The molecule has 0 aliphatic carbocycles. The normalized spacial score (nSPS) is 19.6. The zero-order valence-electron chi connectivity index (χ0n) is 15.9. The van der Waals surface area contributed by atoms with Crippen molar-refractivity contribution in [2.45, 2.75) is 25.1 Å². The first-order valence-electron chi connectivity index (χ1n) is 9.25. The third-order valence-corrected chi connectivity index (χ3v) is 5.18. The Morgan fingerprint density at radius 1 is 1.17 bits per heavy atom. The molecule has 0 spiro atoms. The largest absolute Gasteiger partial charge is 0.405 e. The van der Waals surface area contributed by atoms with Crippen LogP contribution in [0.4, 0.5) is 19.0 Å². The number of nitrogens with one attached hydrogen (secondary N) is 2. The zero-order valence-corrected chi connectivity index (χ0v) is 17.5. The molecule has 2 aliphatic rings. The molecule has 3 heterocycles. The van der Waals surface area contributed by atoms with Crippen LogP contribution in [0.15, 0.2) is 18.6 Å².